The average Bonchev–Trinajstić information content (AvgIpc) is 3.46. The van der Waals surface area contributed by atoms with E-state index in [2.05, 4.69) is 10.2 Å². The van der Waals surface area contributed by atoms with Gasteiger partial charge in [-0.1, -0.05) is 18.2 Å². The van der Waals surface area contributed by atoms with Gasteiger partial charge < -0.3 is 19.0 Å². The number of H-pyrrole nitrogens is 1. The van der Waals surface area contributed by atoms with Gasteiger partial charge in [0.15, 0.2) is 11.5 Å². The van der Waals surface area contributed by atoms with E-state index in [4.69, 9.17) is 9.15 Å². The summed E-state index contributed by atoms with van der Waals surface area (Å²) in [6.45, 7) is 2.31. The average molecular weight is 394 g/mol. The monoisotopic (exact) mass is 394 g/mol. The third kappa shape index (κ3) is 4.48. The van der Waals surface area contributed by atoms with Gasteiger partial charge in [0.25, 0.3) is 5.91 Å². The highest BCUT2D eigenvalue weighted by molar-refractivity contribution is 5.93. The first-order chi connectivity index (χ1) is 14.2. The Morgan fingerprint density at radius 3 is 2.52 bits per heavy atom. The van der Waals surface area contributed by atoms with Crippen LogP contribution in [0.25, 0.3) is 11.5 Å². The van der Waals surface area contributed by atoms with Crippen LogP contribution in [-0.2, 0) is 4.79 Å². The summed E-state index contributed by atoms with van der Waals surface area (Å²) >= 11 is 0. The smallest absolute Gasteiger partial charge is 0.274 e. The Balaban J connectivity index is 1.24. The molecule has 0 aliphatic carbocycles. The molecule has 1 aliphatic rings. The highest BCUT2D eigenvalue weighted by Crippen LogP contribution is 2.19. The Kier molecular flexibility index (Phi) is 5.60. The van der Waals surface area contributed by atoms with Gasteiger partial charge in [-0.2, -0.15) is 5.10 Å². The van der Waals surface area contributed by atoms with Crippen molar-refractivity contribution in [2.45, 2.75) is 6.42 Å². The van der Waals surface area contributed by atoms with E-state index in [-0.39, 0.29) is 11.8 Å². The second kappa shape index (κ2) is 8.64. The number of hydrogen-bond acceptors (Lipinski definition) is 5. The number of carbonyl (C=O) groups is 2. The minimum atomic E-state index is -0.154. The van der Waals surface area contributed by atoms with Gasteiger partial charge in [0, 0.05) is 32.2 Å². The van der Waals surface area contributed by atoms with Gasteiger partial charge in [-0.3, -0.25) is 14.7 Å². The van der Waals surface area contributed by atoms with Gasteiger partial charge in [0.2, 0.25) is 5.91 Å². The second-order valence-electron chi connectivity index (χ2n) is 6.73. The van der Waals surface area contributed by atoms with Crippen molar-refractivity contribution in [3.63, 3.8) is 0 Å². The normalized spacial score (nSPS) is 14.1. The fourth-order valence-corrected chi connectivity index (χ4v) is 3.24. The molecule has 29 heavy (non-hydrogen) atoms. The van der Waals surface area contributed by atoms with Gasteiger partial charge in [0.05, 0.1) is 19.3 Å². The summed E-state index contributed by atoms with van der Waals surface area (Å²) in [5, 5.41) is 6.92. The zero-order chi connectivity index (χ0) is 20.1. The minimum Gasteiger partial charge on any atom is -0.493 e. The summed E-state index contributed by atoms with van der Waals surface area (Å²) in [6.07, 6.45) is 1.88. The molecule has 150 valence electrons. The lowest BCUT2D eigenvalue weighted by molar-refractivity contribution is -0.133. The van der Waals surface area contributed by atoms with Crippen LogP contribution in [0.15, 0.2) is 59.2 Å². The number of piperazine rings is 1. The molecule has 4 rings (SSSR count). The summed E-state index contributed by atoms with van der Waals surface area (Å²) in [5.74, 6) is 1.26. The quantitative estimate of drug-likeness (QED) is 0.693. The largest absolute Gasteiger partial charge is 0.493 e. The molecule has 8 nitrogen and oxygen atoms in total. The Hall–Kier alpha value is -3.55. The SMILES string of the molecule is O=C(CCOc1ccccc1)N1CCN(C(=O)c2cc(-c3ccco3)[nH]n2)CC1. The number of amides is 2. The van der Waals surface area contributed by atoms with Crippen LogP contribution in [0.4, 0.5) is 0 Å². The molecule has 1 saturated heterocycles. The molecule has 1 fully saturated rings. The van der Waals surface area contributed by atoms with Crippen LogP contribution in [0.3, 0.4) is 0 Å². The number of furan rings is 1. The van der Waals surface area contributed by atoms with Crippen LogP contribution >= 0.6 is 0 Å². The summed E-state index contributed by atoms with van der Waals surface area (Å²) in [7, 11) is 0. The van der Waals surface area contributed by atoms with E-state index in [1.165, 1.54) is 0 Å². The first-order valence-corrected chi connectivity index (χ1v) is 9.55. The Morgan fingerprint density at radius 2 is 1.79 bits per heavy atom. The van der Waals surface area contributed by atoms with Gasteiger partial charge in [0.1, 0.15) is 11.4 Å². The Labute approximate surface area is 168 Å². The van der Waals surface area contributed by atoms with E-state index in [1.54, 1.807) is 34.3 Å². The zero-order valence-electron chi connectivity index (χ0n) is 15.9. The maximum Gasteiger partial charge on any atom is 0.274 e. The molecule has 0 atom stereocenters. The van der Waals surface area contributed by atoms with Crippen molar-refractivity contribution in [1.82, 2.24) is 20.0 Å². The van der Waals surface area contributed by atoms with Crippen LogP contribution in [0.5, 0.6) is 5.75 Å². The number of ether oxygens (including phenoxy) is 1. The van der Waals surface area contributed by atoms with E-state index in [9.17, 15) is 9.59 Å². The summed E-state index contributed by atoms with van der Waals surface area (Å²) in [5.41, 5.74) is 0.998. The molecular formula is C21H22N4O4. The van der Waals surface area contributed by atoms with E-state index in [1.807, 2.05) is 30.3 Å². The number of nitrogens with zero attached hydrogens (tertiary/aromatic N) is 3. The van der Waals surface area contributed by atoms with Crippen LogP contribution in [-0.4, -0.2) is 64.6 Å². The standard InChI is InChI=1S/C21H22N4O4/c26-20(8-14-28-16-5-2-1-3-6-16)24-9-11-25(12-10-24)21(27)18-15-17(22-23-18)19-7-4-13-29-19/h1-7,13,15H,8-12,14H2,(H,22,23). The lowest BCUT2D eigenvalue weighted by atomic mass is 10.2. The molecule has 0 unspecified atom stereocenters. The van der Waals surface area contributed by atoms with E-state index < -0.39 is 0 Å². The predicted molar refractivity (Wildman–Crippen MR) is 105 cm³/mol. The van der Waals surface area contributed by atoms with Crippen LogP contribution in [0, 0.1) is 0 Å². The van der Waals surface area contributed by atoms with Crippen molar-refractivity contribution in [3.8, 4) is 17.2 Å². The first-order valence-electron chi connectivity index (χ1n) is 9.55. The molecule has 1 aliphatic heterocycles. The molecule has 2 amide bonds. The van der Waals surface area contributed by atoms with Gasteiger partial charge in [-0.05, 0) is 24.3 Å². The zero-order valence-corrected chi connectivity index (χ0v) is 15.9. The van der Waals surface area contributed by atoms with Crippen LogP contribution < -0.4 is 4.74 Å². The number of aromatic nitrogens is 2. The molecule has 0 saturated carbocycles. The van der Waals surface area contributed by atoms with Crippen LogP contribution in [0.2, 0.25) is 0 Å². The summed E-state index contributed by atoms with van der Waals surface area (Å²) in [4.78, 5) is 28.6. The summed E-state index contributed by atoms with van der Waals surface area (Å²) < 4.78 is 10.9. The number of benzene rings is 1. The molecule has 0 radical (unpaired) electrons. The van der Waals surface area contributed by atoms with Gasteiger partial charge >= 0.3 is 0 Å². The first kappa shape index (κ1) is 18.8. The molecule has 3 heterocycles. The van der Waals surface area contributed by atoms with Crippen molar-refractivity contribution in [1.29, 1.82) is 0 Å². The number of rotatable bonds is 6. The molecule has 2 aromatic heterocycles. The third-order valence-electron chi connectivity index (χ3n) is 4.83. The van der Waals surface area contributed by atoms with Crippen molar-refractivity contribution in [2.24, 2.45) is 0 Å². The van der Waals surface area contributed by atoms with Gasteiger partial charge in [-0.25, -0.2) is 0 Å². The molecule has 1 N–H and O–H groups in total. The number of hydrogen-bond donors (Lipinski definition) is 1. The van der Waals surface area contributed by atoms with Crippen molar-refractivity contribution in [3.05, 3.63) is 60.5 Å². The molecule has 0 spiro atoms. The number of para-hydroxylation sites is 1. The van der Waals surface area contributed by atoms with Crippen LogP contribution in [0.1, 0.15) is 16.9 Å². The number of carbonyl (C=O) groups excluding carboxylic acids is 2. The summed E-state index contributed by atoms with van der Waals surface area (Å²) in [6, 6.07) is 14.7. The van der Waals surface area contributed by atoms with Crippen molar-refractivity contribution >= 4 is 11.8 Å². The molecule has 8 heteroatoms. The minimum absolute atomic E-state index is 0.0351. The number of nitrogens with one attached hydrogen (secondary N) is 1. The predicted octanol–water partition coefficient (Wildman–Crippen LogP) is 2.42. The maximum atomic E-state index is 12.7. The van der Waals surface area contributed by atoms with Crippen molar-refractivity contribution < 1.29 is 18.7 Å². The molecule has 3 aromatic rings. The second-order valence-corrected chi connectivity index (χ2v) is 6.73. The fourth-order valence-electron chi connectivity index (χ4n) is 3.24. The van der Waals surface area contributed by atoms with Crippen molar-refractivity contribution in [2.75, 3.05) is 32.8 Å². The van der Waals surface area contributed by atoms with E-state index >= 15 is 0 Å². The third-order valence-corrected chi connectivity index (χ3v) is 4.83. The lowest BCUT2D eigenvalue weighted by Gasteiger charge is -2.34. The Morgan fingerprint density at radius 1 is 1.03 bits per heavy atom. The highest BCUT2D eigenvalue weighted by Gasteiger charge is 2.26. The number of aromatic amines is 1. The molecule has 0 bridgehead atoms. The highest BCUT2D eigenvalue weighted by atomic mass is 16.5. The molecular weight excluding hydrogens is 372 g/mol. The van der Waals surface area contributed by atoms with Gasteiger partial charge in [-0.15, -0.1) is 0 Å². The molecule has 1 aromatic carbocycles. The lowest BCUT2D eigenvalue weighted by Crippen LogP contribution is -2.50. The van der Waals surface area contributed by atoms with E-state index in [0.29, 0.717) is 56.4 Å². The maximum absolute atomic E-state index is 12.7. The van der Waals surface area contributed by atoms with E-state index in [0.717, 1.165) is 5.75 Å². The Bertz CT molecular complexity index is 944. The fraction of sp³-hybridized carbons (Fsp3) is 0.286. The topological polar surface area (TPSA) is 91.7 Å².